The van der Waals surface area contributed by atoms with Crippen molar-refractivity contribution < 1.29 is 283 Å². The van der Waals surface area contributed by atoms with Crippen LogP contribution in [-0.4, -0.2) is 321 Å². The maximum Gasteiger partial charge on any atom is 1.00 e. The molecule has 2 aliphatic heterocycles. The molecule has 0 aromatic rings. The monoisotopic (exact) mass is 1390 g/mol. The Morgan fingerprint density at radius 3 is 0.681 bits per heavy atom. The topological polar surface area (TPSA) is 500 Å². The summed E-state index contributed by atoms with van der Waals surface area (Å²) in [7, 11) is 0. The number of ketones is 2. The molecule has 0 amide bonds. The number of carboxylic acid groups (broad SMARTS) is 10. The zero-order chi connectivity index (χ0) is 68.9. The normalized spacial score (nSPS) is 15.9. The van der Waals surface area contributed by atoms with Crippen LogP contribution >= 0.6 is 0 Å². The fourth-order valence-corrected chi connectivity index (χ4v) is 9.54. The summed E-state index contributed by atoms with van der Waals surface area (Å²) in [4.78, 5) is 149. The van der Waals surface area contributed by atoms with Gasteiger partial charge in [-0.05, 0) is 83.1 Å². The van der Waals surface area contributed by atoms with E-state index in [1.54, 1.807) is 27.7 Å². The number of carbonyl (C=O) groups is 12. The minimum atomic E-state index is -1.53. The van der Waals surface area contributed by atoms with Crippen LogP contribution in [0.1, 0.15) is 109 Å². The van der Waals surface area contributed by atoms with Crippen molar-refractivity contribution in [2.75, 3.05) is 131 Å². The minimum Gasteiger partial charge on any atom is -0.549 e. The van der Waals surface area contributed by atoms with Crippen molar-refractivity contribution in [2.24, 2.45) is 0 Å². The summed E-state index contributed by atoms with van der Waals surface area (Å²) in [6, 6.07) is 0. The number of hydrogen-bond donors (Lipinski definition) is 9. The first kappa shape index (κ1) is 98.1. The number of carboxylic acids is 10. The third kappa shape index (κ3) is 50.5. The molecular formula is C54H93K3N8O26. The van der Waals surface area contributed by atoms with Crippen molar-refractivity contribution in [3.8, 4) is 0 Å². The first-order valence-electron chi connectivity index (χ1n) is 27.7. The van der Waals surface area contributed by atoms with Crippen molar-refractivity contribution in [2.45, 2.75) is 142 Å². The van der Waals surface area contributed by atoms with Gasteiger partial charge in [0, 0.05) is 120 Å². The zero-order valence-electron chi connectivity index (χ0n) is 55.5. The van der Waals surface area contributed by atoms with Gasteiger partial charge < -0.3 is 75.7 Å². The van der Waals surface area contributed by atoms with E-state index < -0.39 is 136 Å². The number of carbonyl (C=O) groups excluding carboxylic acids is 5. The smallest absolute Gasteiger partial charge is 0.549 e. The quantitative estimate of drug-likeness (QED) is 0.0259. The van der Waals surface area contributed by atoms with Crippen LogP contribution in [0.3, 0.4) is 0 Å². The molecule has 0 atom stereocenters. The Morgan fingerprint density at radius 1 is 0.363 bits per heavy atom. The van der Waals surface area contributed by atoms with Gasteiger partial charge in [0.25, 0.3) is 0 Å². The van der Waals surface area contributed by atoms with Crippen molar-refractivity contribution in [3.63, 3.8) is 0 Å². The first-order valence-corrected chi connectivity index (χ1v) is 27.7. The summed E-state index contributed by atoms with van der Waals surface area (Å²) in [5.74, 6) is -12.7. The van der Waals surface area contributed by atoms with Gasteiger partial charge in [0.1, 0.15) is 11.6 Å². The van der Waals surface area contributed by atoms with E-state index in [1.807, 2.05) is 65.5 Å². The van der Waals surface area contributed by atoms with E-state index in [-0.39, 0.29) is 253 Å². The van der Waals surface area contributed by atoms with E-state index in [4.69, 9.17) is 45.4 Å². The summed E-state index contributed by atoms with van der Waals surface area (Å²) in [5, 5.41) is 117. The number of piperidine rings is 2. The number of nitrogens with zero attached hydrogens (tertiary/aromatic N) is 8. The summed E-state index contributed by atoms with van der Waals surface area (Å²) in [6.45, 7) is 17.0. The minimum absolute atomic E-state index is 0. The third-order valence-electron chi connectivity index (χ3n) is 12.3. The number of hydrogen-bond acceptors (Lipinski definition) is 27. The Kier molecular flexibility index (Phi) is 50.3. The standard InChI is InChI=1S/2C14H23N3O10.2C13H25NO3.3K/c2*18-10(19)5-15(1-3-16(6-11(20)21)7-12(22)23)2-4-17(8-13(24)25)9-14(26)27;2*1-11(2)7-10(15)8-12(3,4)14(11)17-9-13(5,6)16;;;/h2*1-9H2,(H,18,19)(H,20,21)(H,22,23)(H,24,25)(H,26,27);2*16H,7-9H2,1-6H3;;;/q;;;;3*+1/p-3. The van der Waals surface area contributed by atoms with Crippen molar-refractivity contribution in [3.05, 3.63) is 0 Å². The molecule has 0 radical (unpaired) electrons. The summed E-state index contributed by atoms with van der Waals surface area (Å²) in [5.41, 5.74) is -3.05. The first-order chi connectivity index (χ1) is 39.9. The van der Waals surface area contributed by atoms with Crippen LogP contribution in [0.25, 0.3) is 0 Å². The number of hydroxylamine groups is 4. The summed E-state index contributed by atoms with van der Waals surface area (Å²) < 4.78 is 0. The van der Waals surface area contributed by atoms with Gasteiger partial charge in [0.15, 0.2) is 0 Å². The molecule has 37 heteroatoms. The van der Waals surface area contributed by atoms with Crippen LogP contribution in [0.2, 0.25) is 0 Å². The fraction of sp³-hybridized carbons (Fsp3) is 0.778. The molecule has 508 valence electrons. The Labute approximate surface area is 658 Å². The predicted molar refractivity (Wildman–Crippen MR) is 300 cm³/mol. The fourth-order valence-electron chi connectivity index (χ4n) is 9.54. The largest absolute Gasteiger partial charge is 1.00 e. The second-order valence-corrected chi connectivity index (χ2v) is 25.1. The van der Waals surface area contributed by atoms with Crippen molar-refractivity contribution >= 4 is 71.3 Å². The Hall–Kier alpha value is -1.53. The third-order valence-corrected chi connectivity index (χ3v) is 12.3. The number of rotatable bonds is 38. The summed E-state index contributed by atoms with van der Waals surface area (Å²) in [6.07, 6.45) is 1.95. The molecule has 34 nitrogen and oxygen atoms in total. The second kappa shape index (κ2) is 46.6. The van der Waals surface area contributed by atoms with E-state index in [1.165, 1.54) is 9.80 Å². The Morgan fingerprint density at radius 2 is 0.516 bits per heavy atom. The zero-order valence-corrected chi connectivity index (χ0v) is 64.9. The molecule has 0 spiro atoms. The molecule has 2 heterocycles. The number of aliphatic carboxylic acids is 10. The predicted octanol–water partition coefficient (Wildman–Crippen LogP) is -14.5. The maximum absolute atomic E-state index is 11.7. The van der Waals surface area contributed by atoms with Gasteiger partial charge in [-0.25, -0.2) is 0 Å². The van der Waals surface area contributed by atoms with E-state index in [0.29, 0.717) is 25.7 Å². The van der Waals surface area contributed by atoms with Gasteiger partial charge in [-0.1, -0.05) is 0 Å². The van der Waals surface area contributed by atoms with Gasteiger partial charge in [-0.15, -0.1) is 0 Å². The maximum atomic E-state index is 11.7. The molecule has 0 aliphatic carbocycles. The van der Waals surface area contributed by atoms with E-state index >= 15 is 0 Å². The van der Waals surface area contributed by atoms with Crippen LogP contribution < -0.4 is 169 Å². The molecule has 0 bridgehead atoms. The van der Waals surface area contributed by atoms with Crippen LogP contribution in [0, 0.1) is 0 Å². The molecule has 0 aromatic heterocycles. The molecule has 2 rings (SSSR count). The number of aliphatic hydroxyl groups is 2. The SMILES string of the molecule is CC(C)(O)CON1C(C)(C)CC(=O)CC1(C)C.CC(C)(O)CON1C(C)(C)CC(=O)CC1(C)C.O=C(O)CN(CCN(CC(=O)O)CC(=O)O)CCN(CC(=O)O)CC(=O)O.O=C([O-])CN(CCN(CCN(CC(=O)[O-])CC(=O)O)CC(=O)O)CC(=O)[O-].[K+].[K+].[K+]. The van der Waals surface area contributed by atoms with Crippen LogP contribution in [0.4, 0.5) is 0 Å². The molecule has 0 saturated carbocycles. The average Bonchev–Trinajstić information content (AvgIpc) is 0.804. The molecule has 2 fully saturated rings. The Bertz CT molecular complexity index is 2010. The van der Waals surface area contributed by atoms with E-state index in [0.717, 1.165) is 19.6 Å². The van der Waals surface area contributed by atoms with Gasteiger partial charge in [0.05, 0.1) is 88.1 Å². The van der Waals surface area contributed by atoms with Gasteiger partial charge in [-0.2, -0.15) is 10.1 Å². The second-order valence-electron chi connectivity index (χ2n) is 25.1. The Balaban J connectivity index is -0.000000365. The molecule has 2 aliphatic rings. The van der Waals surface area contributed by atoms with Crippen LogP contribution in [0.15, 0.2) is 0 Å². The van der Waals surface area contributed by atoms with Crippen molar-refractivity contribution in [1.82, 2.24) is 39.5 Å². The molecule has 2 saturated heterocycles. The number of Topliss-reactive ketones (excluding diaryl/α,β-unsaturated/α-hetero) is 2. The average molecular weight is 1390 g/mol. The van der Waals surface area contributed by atoms with Gasteiger partial charge in [-0.3, -0.25) is 82.2 Å². The van der Waals surface area contributed by atoms with Crippen LogP contribution in [0.5, 0.6) is 0 Å². The van der Waals surface area contributed by atoms with Crippen molar-refractivity contribution in [1.29, 1.82) is 0 Å². The molecule has 91 heavy (non-hydrogen) atoms. The molecular weight excluding hydrogens is 1290 g/mol. The van der Waals surface area contributed by atoms with E-state index in [2.05, 4.69) is 0 Å². The summed E-state index contributed by atoms with van der Waals surface area (Å²) >= 11 is 0. The van der Waals surface area contributed by atoms with Crippen LogP contribution in [-0.2, 0) is 67.2 Å². The molecule has 0 aromatic carbocycles. The molecule has 0 unspecified atom stereocenters. The van der Waals surface area contributed by atoms with Gasteiger partial charge in [0.2, 0.25) is 0 Å². The molecule has 9 N–H and O–H groups in total. The van der Waals surface area contributed by atoms with Gasteiger partial charge >= 0.3 is 196 Å². The van der Waals surface area contributed by atoms with E-state index in [9.17, 15) is 83.1 Å².